The molecule has 6 nitrogen and oxygen atoms in total. The van der Waals surface area contributed by atoms with Crippen LogP contribution < -0.4 is 10.2 Å². The molecule has 0 saturated carbocycles. The van der Waals surface area contributed by atoms with E-state index in [9.17, 15) is 4.79 Å². The zero-order valence-electron chi connectivity index (χ0n) is 14.8. The number of hydrogen-bond acceptors (Lipinski definition) is 4. The molecule has 0 unspecified atom stereocenters. The van der Waals surface area contributed by atoms with Crippen molar-refractivity contribution in [2.24, 2.45) is 0 Å². The van der Waals surface area contributed by atoms with Gasteiger partial charge in [-0.05, 0) is 31.0 Å². The van der Waals surface area contributed by atoms with Crippen LogP contribution >= 0.6 is 0 Å². The van der Waals surface area contributed by atoms with Gasteiger partial charge in [0.2, 0.25) is 0 Å². The summed E-state index contributed by atoms with van der Waals surface area (Å²) in [5.41, 5.74) is 2.34. The Bertz CT molecular complexity index is 487. The predicted molar refractivity (Wildman–Crippen MR) is 95.4 cm³/mol. The van der Waals surface area contributed by atoms with Crippen molar-refractivity contribution < 1.29 is 14.3 Å². The second-order valence-corrected chi connectivity index (χ2v) is 5.90. The van der Waals surface area contributed by atoms with Gasteiger partial charge in [0.15, 0.2) is 0 Å². The first-order valence-electron chi connectivity index (χ1n) is 8.69. The predicted octanol–water partition coefficient (Wildman–Crippen LogP) is 2.09. The van der Waals surface area contributed by atoms with Gasteiger partial charge in [-0.3, -0.25) is 0 Å². The Morgan fingerprint density at radius 1 is 1.29 bits per heavy atom. The van der Waals surface area contributed by atoms with Crippen molar-refractivity contribution in [2.75, 3.05) is 58.0 Å². The summed E-state index contributed by atoms with van der Waals surface area (Å²) in [5, 5.41) is 2.91. The van der Waals surface area contributed by atoms with Crippen molar-refractivity contribution in [3.8, 4) is 0 Å². The van der Waals surface area contributed by atoms with Crippen LogP contribution in [0.3, 0.4) is 0 Å². The van der Waals surface area contributed by atoms with Crippen molar-refractivity contribution in [3.05, 3.63) is 29.8 Å². The number of amides is 2. The monoisotopic (exact) mass is 335 g/mol. The number of urea groups is 1. The lowest BCUT2D eigenvalue weighted by Gasteiger charge is -2.29. The molecule has 0 aromatic heterocycles. The fraction of sp³-hybridized carbons (Fsp3) is 0.611. The number of ether oxygens (including phenoxy) is 2. The van der Waals surface area contributed by atoms with E-state index < -0.39 is 0 Å². The number of benzene rings is 1. The molecule has 0 radical (unpaired) electrons. The third-order valence-corrected chi connectivity index (χ3v) is 4.02. The number of nitrogens with zero attached hydrogens (tertiary/aromatic N) is 2. The Balaban J connectivity index is 1.74. The van der Waals surface area contributed by atoms with Crippen LogP contribution in [-0.2, 0) is 16.0 Å². The Labute approximate surface area is 144 Å². The molecular weight excluding hydrogens is 306 g/mol. The molecule has 0 bridgehead atoms. The molecule has 0 aliphatic carbocycles. The van der Waals surface area contributed by atoms with E-state index in [1.165, 1.54) is 5.69 Å². The van der Waals surface area contributed by atoms with E-state index >= 15 is 0 Å². The normalized spacial score (nSPS) is 14.5. The van der Waals surface area contributed by atoms with Crippen LogP contribution in [0.2, 0.25) is 0 Å². The summed E-state index contributed by atoms with van der Waals surface area (Å²) in [4.78, 5) is 16.1. The van der Waals surface area contributed by atoms with E-state index in [0.717, 1.165) is 38.3 Å². The molecule has 0 atom stereocenters. The van der Waals surface area contributed by atoms with Crippen LogP contribution in [0.25, 0.3) is 0 Å². The Morgan fingerprint density at radius 2 is 2.00 bits per heavy atom. The molecule has 1 fully saturated rings. The van der Waals surface area contributed by atoms with Gasteiger partial charge in [-0.15, -0.1) is 0 Å². The van der Waals surface area contributed by atoms with E-state index in [1.807, 2.05) is 14.0 Å². The maximum absolute atomic E-state index is 12.0. The summed E-state index contributed by atoms with van der Waals surface area (Å²) in [6, 6.07) is 8.36. The maximum Gasteiger partial charge on any atom is 0.317 e. The highest BCUT2D eigenvalue weighted by Crippen LogP contribution is 2.17. The van der Waals surface area contributed by atoms with E-state index in [4.69, 9.17) is 9.47 Å². The van der Waals surface area contributed by atoms with Crippen LogP contribution in [0, 0.1) is 0 Å². The van der Waals surface area contributed by atoms with E-state index in [2.05, 4.69) is 34.5 Å². The fourth-order valence-corrected chi connectivity index (χ4v) is 2.63. The summed E-state index contributed by atoms with van der Waals surface area (Å²) in [6.45, 7) is 8.04. The lowest BCUT2D eigenvalue weighted by atomic mass is 10.2. The van der Waals surface area contributed by atoms with E-state index in [1.54, 1.807) is 4.90 Å². The minimum absolute atomic E-state index is 0.0521. The summed E-state index contributed by atoms with van der Waals surface area (Å²) in [7, 11) is 1.81. The van der Waals surface area contributed by atoms with Gasteiger partial charge < -0.3 is 24.6 Å². The first kappa shape index (κ1) is 18.5. The van der Waals surface area contributed by atoms with Gasteiger partial charge in [0.25, 0.3) is 0 Å². The molecule has 24 heavy (non-hydrogen) atoms. The molecule has 6 heteroatoms. The molecule has 134 valence electrons. The third kappa shape index (κ3) is 6.02. The molecule has 1 N–H and O–H groups in total. The second-order valence-electron chi connectivity index (χ2n) is 5.90. The highest BCUT2D eigenvalue weighted by Gasteiger charge is 2.12. The van der Waals surface area contributed by atoms with Gasteiger partial charge in [-0.25, -0.2) is 4.79 Å². The van der Waals surface area contributed by atoms with Crippen molar-refractivity contribution in [3.63, 3.8) is 0 Å². The molecule has 1 aromatic rings. The van der Waals surface area contributed by atoms with Crippen molar-refractivity contribution in [1.82, 2.24) is 10.2 Å². The van der Waals surface area contributed by atoms with Gasteiger partial charge in [0.05, 0.1) is 13.2 Å². The minimum atomic E-state index is -0.0521. The molecule has 0 spiro atoms. The third-order valence-electron chi connectivity index (χ3n) is 4.02. The molecule has 1 saturated heterocycles. The lowest BCUT2D eigenvalue weighted by molar-refractivity contribution is 0.122. The molecule has 1 heterocycles. The minimum Gasteiger partial charge on any atom is -0.382 e. The molecule has 1 aromatic carbocycles. The largest absolute Gasteiger partial charge is 0.382 e. The van der Waals surface area contributed by atoms with Crippen LogP contribution in [0.5, 0.6) is 0 Å². The van der Waals surface area contributed by atoms with Crippen LogP contribution in [-0.4, -0.2) is 64.0 Å². The quantitative estimate of drug-likeness (QED) is 0.739. The van der Waals surface area contributed by atoms with Gasteiger partial charge in [-0.1, -0.05) is 12.1 Å². The topological polar surface area (TPSA) is 54.0 Å². The number of nitrogens with one attached hydrogen (secondary N) is 1. The van der Waals surface area contributed by atoms with E-state index in [-0.39, 0.29) is 6.03 Å². The zero-order valence-corrected chi connectivity index (χ0v) is 14.8. The standard InChI is InChI=1S/C18H29N3O3/c1-3-23-12-4-9-19-18(22)20(2)15-16-5-7-17(8-6-16)21-10-13-24-14-11-21/h5-8H,3-4,9-15H2,1-2H3,(H,19,22). The summed E-state index contributed by atoms with van der Waals surface area (Å²) >= 11 is 0. The van der Waals surface area contributed by atoms with Crippen molar-refractivity contribution in [2.45, 2.75) is 19.9 Å². The number of carbonyl (C=O) groups is 1. The van der Waals surface area contributed by atoms with E-state index in [0.29, 0.717) is 26.3 Å². The van der Waals surface area contributed by atoms with Crippen LogP contribution in [0.15, 0.2) is 24.3 Å². The van der Waals surface area contributed by atoms with Crippen molar-refractivity contribution in [1.29, 1.82) is 0 Å². The molecule has 1 aliphatic heterocycles. The molecular formula is C18H29N3O3. The average Bonchev–Trinajstić information content (AvgIpc) is 2.62. The number of rotatable bonds is 8. The summed E-state index contributed by atoms with van der Waals surface area (Å²) in [6.07, 6.45) is 0.835. The Hall–Kier alpha value is -1.79. The smallest absolute Gasteiger partial charge is 0.317 e. The highest BCUT2D eigenvalue weighted by atomic mass is 16.5. The van der Waals surface area contributed by atoms with Gasteiger partial charge in [-0.2, -0.15) is 0 Å². The Morgan fingerprint density at radius 3 is 2.67 bits per heavy atom. The van der Waals surface area contributed by atoms with Crippen LogP contribution in [0.4, 0.5) is 10.5 Å². The first-order chi connectivity index (χ1) is 11.7. The molecule has 2 rings (SSSR count). The Kier molecular flexibility index (Phi) is 7.85. The second kappa shape index (κ2) is 10.2. The molecule has 2 amide bonds. The van der Waals surface area contributed by atoms with Crippen molar-refractivity contribution >= 4 is 11.7 Å². The van der Waals surface area contributed by atoms with Crippen LogP contribution in [0.1, 0.15) is 18.9 Å². The van der Waals surface area contributed by atoms with Gasteiger partial charge in [0, 0.05) is 52.1 Å². The zero-order chi connectivity index (χ0) is 17.2. The lowest BCUT2D eigenvalue weighted by Crippen LogP contribution is -2.37. The average molecular weight is 335 g/mol. The summed E-state index contributed by atoms with van der Waals surface area (Å²) < 4.78 is 10.6. The molecule has 1 aliphatic rings. The summed E-state index contributed by atoms with van der Waals surface area (Å²) in [5.74, 6) is 0. The fourth-order valence-electron chi connectivity index (χ4n) is 2.63. The maximum atomic E-state index is 12.0. The highest BCUT2D eigenvalue weighted by molar-refractivity contribution is 5.73. The number of anilines is 1. The van der Waals surface area contributed by atoms with Gasteiger partial charge >= 0.3 is 6.03 Å². The number of carbonyl (C=O) groups excluding carboxylic acids is 1. The number of hydrogen-bond donors (Lipinski definition) is 1. The first-order valence-corrected chi connectivity index (χ1v) is 8.69. The van der Waals surface area contributed by atoms with Gasteiger partial charge in [0.1, 0.15) is 0 Å². The number of morpholine rings is 1. The SMILES string of the molecule is CCOCCCNC(=O)N(C)Cc1ccc(N2CCOCC2)cc1.